The van der Waals surface area contributed by atoms with E-state index in [-0.39, 0.29) is 12.5 Å². The molecule has 0 atom stereocenters. The van der Waals surface area contributed by atoms with E-state index in [2.05, 4.69) is 10.5 Å². The second kappa shape index (κ2) is 9.92. The quantitative estimate of drug-likeness (QED) is 0.477. The second-order valence-electron chi connectivity index (χ2n) is 6.19. The van der Waals surface area contributed by atoms with Gasteiger partial charge in [-0.05, 0) is 41.8 Å². The van der Waals surface area contributed by atoms with Crippen LogP contribution >= 0.6 is 0 Å². The maximum atomic E-state index is 11.9. The summed E-state index contributed by atoms with van der Waals surface area (Å²) in [4.78, 5) is 11.9. The van der Waals surface area contributed by atoms with Crippen LogP contribution in [0.5, 0.6) is 11.5 Å². The van der Waals surface area contributed by atoms with Crippen molar-refractivity contribution in [2.24, 2.45) is 5.10 Å². The van der Waals surface area contributed by atoms with E-state index in [0.717, 1.165) is 22.4 Å². The van der Waals surface area contributed by atoms with Gasteiger partial charge in [0.15, 0.2) is 6.61 Å². The summed E-state index contributed by atoms with van der Waals surface area (Å²) < 4.78 is 11.3. The van der Waals surface area contributed by atoms with E-state index in [9.17, 15) is 4.79 Å². The van der Waals surface area contributed by atoms with Crippen molar-refractivity contribution in [3.05, 3.63) is 95.6 Å². The Morgan fingerprint density at radius 1 is 0.964 bits per heavy atom. The van der Waals surface area contributed by atoms with Crippen LogP contribution in [-0.2, 0) is 11.4 Å². The molecule has 0 aliphatic carbocycles. The molecule has 1 amide bonds. The Kier molecular flexibility index (Phi) is 6.79. The van der Waals surface area contributed by atoms with Gasteiger partial charge in [0.2, 0.25) is 0 Å². The molecule has 3 aromatic rings. The number of hydrazone groups is 1. The van der Waals surface area contributed by atoms with E-state index >= 15 is 0 Å². The molecule has 0 aromatic heterocycles. The van der Waals surface area contributed by atoms with Crippen LogP contribution in [0.25, 0.3) is 0 Å². The number of benzene rings is 3. The lowest BCUT2D eigenvalue weighted by Crippen LogP contribution is -2.24. The highest BCUT2D eigenvalue weighted by Gasteiger charge is 2.03. The minimum atomic E-state index is -0.323. The van der Waals surface area contributed by atoms with Crippen LogP contribution in [0.4, 0.5) is 0 Å². The van der Waals surface area contributed by atoms with Crippen LogP contribution in [0.2, 0.25) is 0 Å². The number of hydrogen-bond acceptors (Lipinski definition) is 4. The Bertz CT molecular complexity index is 939. The summed E-state index contributed by atoms with van der Waals surface area (Å²) in [5.41, 5.74) is 5.36. The van der Waals surface area contributed by atoms with Crippen molar-refractivity contribution in [1.29, 1.82) is 0 Å². The Morgan fingerprint density at radius 3 is 2.57 bits per heavy atom. The molecule has 1 N–H and O–H groups in total. The molecular weight excluding hydrogens is 352 g/mol. The molecule has 28 heavy (non-hydrogen) atoms. The maximum absolute atomic E-state index is 11.9. The van der Waals surface area contributed by atoms with Crippen molar-refractivity contribution < 1.29 is 14.3 Å². The first-order valence-electron chi connectivity index (χ1n) is 8.98. The molecular formula is C23H22N2O3. The molecule has 0 unspecified atom stereocenters. The number of hydrogen-bond donors (Lipinski definition) is 1. The summed E-state index contributed by atoms with van der Waals surface area (Å²) in [7, 11) is 0. The van der Waals surface area contributed by atoms with Crippen LogP contribution in [0, 0.1) is 6.92 Å². The van der Waals surface area contributed by atoms with Gasteiger partial charge in [-0.25, -0.2) is 5.43 Å². The van der Waals surface area contributed by atoms with Crippen molar-refractivity contribution in [2.75, 3.05) is 6.61 Å². The fraction of sp³-hybridized carbons (Fsp3) is 0.130. The number of carbonyl (C=O) groups excluding carboxylic acids is 1. The topological polar surface area (TPSA) is 59.9 Å². The van der Waals surface area contributed by atoms with Crippen LogP contribution in [0.1, 0.15) is 16.7 Å². The van der Waals surface area contributed by atoms with Gasteiger partial charge in [0.1, 0.15) is 18.1 Å². The molecule has 0 fully saturated rings. The summed E-state index contributed by atoms with van der Waals surface area (Å²) in [6, 6.07) is 25.0. The number of ether oxygens (including phenoxy) is 2. The average molecular weight is 374 g/mol. The Hall–Kier alpha value is -3.60. The minimum absolute atomic E-state index is 0.0948. The van der Waals surface area contributed by atoms with Crippen LogP contribution in [0.3, 0.4) is 0 Å². The molecule has 0 aliphatic heterocycles. The number of nitrogens with one attached hydrogen (secondary N) is 1. The minimum Gasteiger partial charge on any atom is -0.489 e. The number of nitrogens with zero attached hydrogens (tertiary/aromatic N) is 1. The Balaban J connectivity index is 1.47. The van der Waals surface area contributed by atoms with Crippen LogP contribution < -0.4 is 14.9 Å². The molecule has 5 heteroatoms. The van der Waals surface area contributed by atoms with Gasteiger partial charge in [0, 0.05) is 0 Å². The smallest absolute Gasteiger partial charge is 0.277 e. The van der Waals surface area contributed by atoms with E-state index in [1.165, 1.54) is 0 Å². The SMILES string of the molecule is Cc1ccccc1OCC(=O)N/N=C/c1cccc(OCc2ccccc2)c1. The molecule has 0 heterocycles. The maximum Gasteiger partial charge on any atom is 0.277 e. The van der Waals surface area contributed by atoms with Crippen molar-refractivity contribution in [3.8, 4) is 11.5 Å². The van der Waals surface area contributed by atoms with Crippen LogP contribution in [0.15, 0.2) is 84.0 Å². The average Bonchev–Trinajstić information content (AvgIpc) is 2.73. The second-order valence-corrected chi connectivity index (χ2v) is 6.19. The first kappa shape index (κ1) is 19.2. The fourth-order valence-electron chi connectivity index (χ4n) is 2.50. The van der Waals surface area contributed by atoms with Gasteiger partial charge in [-0.1, -0.05) is 60.7 Å². The molecule has 3 rings (SSSR count). The third-order valence-corrected chi connectivity index (χ3v) is 3.96. The zero-order valence-corrected chi connectivity index (χ0v) is 15.7. The number of amides is 1. The predicted molar refractivity (Wildman–Crippen MR) is 110 cm³/mol. The number of rotatable bonds is 8. The van der Waals surface area contributed by atoms with E-state index in [4.69, 9.17) is 9.47 Å². The van der Waals surface area contributed by atoms with Gasteiger partial charge >= 0.3 is 0 Å². The molecule has 5 nitrogen and oxygen atoms in total. The molecule has 0 bridgehead atoms. The van der Waals surface area contributed by atoms with E-state index in [1.54, 1.807) is 6.21 Å². The van der Waals surface area contributed by atoms with Crippen molar-refractivity contribution in [3.63, 3.8) is 0 Å². The predicted octanol–water partition coefficient (Wildman–Crippen LogP) is 4.10. The largest absolute Gasteiger partial charge is 0.489 e. The zero-order valence-electron chi connectivity index (χ0n) is 15.7. The van der Waals surface area contributed by atoms with E-state index in [1.807, 2.05) is 85.8 Å². The van der Waals surface area contributed by atoms with Crippen molar-refractivity contribution in [1.82, 2.24) is 5.43 Å². The molecule has 0 saturated heterocycles. The number of aryl methyl sites for hydroxylation is 1. The normalized spacial score (nSPS) is 10.6. The lowest BCUT2D eigenvalue weighted by Gasteiger charge is -2.07. The first-order chi connectivity index (χ1) is 13.7. The Labute approximate surface area is 164 Å². The van der Waals surface area contributed by atoms with E-state index < -0.39 is 0 Å². The molecule has 3 aromatic carbocycles. The highest BCUT2D eigenvalue weighted by Crippen LogP contribution is 2.16. The third kappa shape index (κ3) is 5.99. The highest BCUT2D eigenvalue weighted by atomic mass is 16.5. The van der Waals surface area contributed by atoms with Gasteiger partial charge in [-0.15, -0.1) is 0 Å². The van der Waals surface area contributed by atoms with Crippen molar-refractivity contribution >= 4 is 12.1 Å². The molecule has 0 radical (unpaired) electrons. The van der Waals surface area contributed by atoms with Gasteiger partial charge < -0.3 is 9.47 Å². The summed E-state index contributed by atoms with van der Waals surface area (Å²) in [5, 5.41) is 3.98. The van der Waals surface area contributed by atoms with Gasteiger partial charge in [-0.2, -0.15) is 5.10 Å². The highest BCUT2D eigenvalue weighted by molar-refractivity contribution is 5.83. The van der Waals surface area contributed by atoms with Gasteiger partial charge in [0.05, 0.1) is 6.21 Å². The van der Waals surface area contributed by atoms with Crippen molar-refractivity contribution in [2.45, 2.75) is 13.5 Å². The standard InChI is InChI=1S/C23H22N2O3/c1-18-8-5-6-13-22(18)28-17-23(26)25-24-15-20-11-7-12-21(14-20)27-16-19-9-3-2-4-10-19/h2-15H,16-17H2,1H3,(H,25,26)/b24-15+. The summed E-state index contributed by atoms with van der Waals surface area (Å²) in [6.07, 6.45) is 1.57. The summed E-state index contributed by atoms with van der Waals surface area (Å²) in [5.74, 6) is 1.10. The molecule has 0 aliphatic rings. The molecule has 0 saturated carbocycles. The first-order valence-corrected chi connectivity index (χ1v) is 8.98. The Morgan fingerprint density at radius 2 is 1.75 bits per heavy atom. The lowest BCUT2D eigenvalue weighted by molar-refractivity contribution is -0.123. The van der Waals surface area contributed by atoms with Gasteiger partial charge in [-0.3, -0.25) is 4.79 Å². The fourth-order valence-corrected chi connectivity index (χ4v) is 2.50. The zero-order chi connectivity index (χ0) is 19.6. The van der Waals surface area contributed by atoms with Gasteiger partial charge in [0.25, 0.3) is 5.91 Å². The van der Waals surface area contributed by atoms with E-state index in [0.29, 0.717) is 12.4 Å². The summed E-state index contributed by atoms with van der Waals surface area (Å²) >= 11 is 0. The molecule has 0 spiro atoms. The lowest BCUT2D eigenvalue weighted by atomic mass is 10.2. The number of para-hydroxylation sites is 1. The van der Waals surface area contributed by atoms with Crippen LogP contribution in [-0.4, -0.2) is 18.7 Å². The third-order valence-electron chi connectivity index (χ3n) is 3.96. The molecule has 142 valence electrons. The summed E-state index contributed by atoms with van der Waals surface area (Å²) in [6.45, 7) is 2.33. The number of carbonyl (C=O) groups is 1. The monoisotopic (exact) mass is 374 g/mol.